The van der Waals surface area contributed by atoms with E-state index >= 15 is 0 Å². The van der Waals surface area contributed by atoms with Crippen molar-refractivity contribution in [2.75, 3.05) is 0 Å². The van der Waals surface area contributed by atoms with E-state index in [0.717, 1.165) is 0 Å². The van der Waals surface area contributed by atoms with Crippen LogP contribution in [0.3, 0.4) is 0 Å². The number of ketones is 2. The van der Waals surface area contributed by atoms with Crippen molar-refractivity contribution in [1.29, 1.82) is 0 Å². The number of Topliss-reactive ketones (excluding diaryl/α,β-unsaturated/α-hetero) is 2. The van der Waals surface area contributed by atoms with Crippen LogP contribution < -0.4 is 0 Å². The maximum absolute atomic E-state index is 11.2. The van der Waals surface area contributed by atoms with Crippen LogP contribution in [0.5, 0.6) is 0 Å². The Bertz CT molecular complexity index is 189. The molecular formula is C10H18O3. The summed E-state index contributed by atoms with van der Waals surface area (Å²) in [4.78, 5) is 22.0. The lowest BCUT2D eigenvalue weighted by Crippen LogP contribution is -2.23. The Balaban J connectivity index is 3.71. The molecule has 13 heavy (non-hydrogen) atoms. The quantitative estimate of drug-likeness (QED) is 0.683. The van der Waals surface area contributed by atoms with E-state index in [9.17, 15) is 14.7 Å². The maximum Gasteiger partial charge on any atom is 0.136 e. The van der Waals surface area contributed by atoms with Gasteiger partial charge in [-0.15, -0.1) is 0 Å². The van der Waals surface area contributed by atoms with Gasteiger partial charge in [0.15, 0.2) is 0 Å². The molecule has 0 unspecified atom stereocenters. The topological polar surface area (TPSA) is 54.4 Å². The molecule has 0 aromatic carbocycles. The molecule has 0 aromatic rings. The highest BCUT2D eigenvalue weighted by atomic mass is 16.3. The minimum absolute atomic E-state index is 0.0469. The average Bonchev–Trinajstić information content (AvgIpc) is 1.97. The van der Waals surface area contributed by atoms with E-state index < -0.39 is 5.60 Å². The van der Waals surface area contributed by atoms with Crippen molar-refractivity contribution in [2.24, 2.45) is 0 Å². The normalized spacial score (nSPS) is 11.4. The van der Waals surface area contributed by atoms with Crippen LogP contribution in [-0.2, 0) is 9.59 Å². The summed E-state index contributed by atoms with van der Waals surface area (Å²) in [5, 5.41) is 9.30. The lowest BCUT2D eigenvalue weighted by molar-refractivity contribution is -0.126. The van der Waals surface area contributed by atoms with E-state index in [1.165, 1.54) is 0 Å². The predicted octanol–water partition coefficient (Wildman–Crippen LogP) is 1.48. The zero-order valence-corrected chi connectivity index (χ0v) is 8.59. The molecule has 1 N–H and O–H groups in total. The molecule has 0 bridgehead atoms. The van der Waals surface area contributed by atoms with Crippen LogP contribution in [0.25, 0.3) is 0 Å². The van der Waals surface area contributed by atoms with Gasteiger partial charge in [0.1, 0.15) is 11.6 Å². The van der Waals surface area contributed by atoms with Crippen molar-refractivity contribution < 1.29 is 14.7 Å². The van der Waals surface area contributed by atoms with E-state index in [4.69, 9.17) is 0 Å². The molecule has 0 aliphatic heterocycles. The van der Waals surface area contributed by atoms with Gasteiger partial charge in [-0.2, -0.15) is 0 Å². The standard InChI is InChI=1S/C10H18O3/c1-4-8(11)5-6-9(12)7-10(2,3)13/h13H,4-7H2,1-3H3. The number of carbonyl (C=O) groups is 2. The SMILES string of the molecule is CCC(=O)CCC(=O)CC(C)(C)O. The molecule has 0 atom stereocenters. The van der Waals surface area contributed by atoms with Gasteiger partial charge in [-0.05, 0) is 13.8 Å². The largest absolute Gasteiger partial charge is 0.390 e. The Morgan fingerprint density at radius 3 is 2.00 bits per heavy atom. The smallest absolute Gasteiger partial charge is 0.136 e. The molecule has 0 spiro atoms. The first-order valence-corrected chi connectivity index (χ1v) is 4.61. The lowest BCUT2D eigenvalue weighted by atomic mass is 9.98. The van der Waals surface area contributed by atoms with Gasteiger partial charge in [0.2, 0.25) is 0 Å². The van der Waals surface area contributed by atoms with Crippen LogP contribution in [0.15, 0.2) is 0 Å². The Morgan fingerprint density at radius 1 is 1.15 bits per heavy atom. The summed E-state index contributed by atoms with van der Waals surface area (Å²) in [6, 6.07) is 0. The minimum atomic E-state index is -0.952. The second kappa shape index (κ2) is 5.12. The minimum Gasteiger partial charge on any atom is -0.390 e. The van der Waals surface area contributed by atoms with Crippen molar-refractivity contribution >= 4 is 11.6 Å². The van der Waals surface area contributed by atoms with E-state index in [2.05, 4.69) is 0 Å². The van der Waals surface area contributed by atoms with E-state index in [1.807, 2.05) is 0 Å². The summed E-state index contributed by atoms with van der Waals surface area (Å²) >= 11 is 0. The van der Waals surface area contributed by atoms with Gasteiger partial charge in [-0.3, -0.25) is 9.59 Å². The Morgan fingerprint density at radius 2 is 1.62 bits per heavy atom. The summed E-state index contributed by atoms with van der Waals surface area (Å²) in [5.74, 6) is 0.0541. The van der Waals surface area contributed by atoms with Crippen LogP contribution in [0.4, 0.5) is 0 Å². The average molecular weight is 186 g/mol. The van der Waals surface area contributed by atoms with Crippen LogP contribution in [-0.4, -0.2) is 22.3 Å². The van der Waals surface area contributed by atoms with E-state index in [1.54, 1.807) is 20.8 Å². The first-order chi connectivity index (χ1) is 5.85. The fraction of sp³-hybridized carbons (Fsp3) is 0.800. The molecule has 3 heteroatoms. The van der Waals surface area contributed by atoms with Crippen molar-refractivity contribution in [3.8, 4) is 0 Å². The highest BCUT2D eigenvalue weighted by Crippen LogP contribution is 2.10. The third-order valence-electron chi connectivity index (χ3n) is 1.71. The van der Waals surface area contributed by atoms with Crippen LogP contribution in [0.1, 0.15) is 46.5 Å². The van der Waals surface area contributed by atoms with Crippen molar-refractivity contribution in [3.05, 3.63) is 0 Å². The summed E-state index contributed by atoms with van der Waals surface area (Å²) in [5.41, 5.74) is -0.952. The van der Waals surface area contributed by atoms with E-state index in [-0.39, 0.29) is 24.4 Å². The highest BCUT2D eigenvalue weighted by Gasteiger charge is 2.17. The van der Waals surface area contributed by atoms with Gasteiger partial charge >= 0.3 is 0 Å². The molecule has 0 aromatic heterocycles. The lowest BCUT2D eigenvalue weighted by Gasteiger charge is -2.15. The van der Waals surface area contributed by atoms with Gasteiger partial charge in [0.05, 0.1) is 5.60 Å². The molecule has 0 aliphatic rings. The van der Waals surface area contributed by atoms with Crippen LogP contribution >= 0.6 is 0 Å². The maximum atomic E-state index is 11.2. The summed E-state index contributed by atoms with van der Waals surface area (Å²) in [6.45, 7) is 4.96. The zero-order chi connectivity index (χ0) is 10.5. The fourth-order valence-corrected chi connectivity index (χ4v) is 1.03. The number of hydrogen-bond donors (Lipinski definition) is 1. The monoisotopic (exact) mass is 186 g/mol. The summed E-state index contributed by atoms with van der Waals surface area (Å²) in [7, 11) is 0. The van der Waals surface area contributed by atoms with Gasteiger partial charge in [0.25, 0.3) is 0 Å². The van der Waals surface area contributed by atoms with Gasteiger partial charge < -0.3 is 5.11 Å². The molecule has 0 aliphatic carbocycles. The molecule has 0 radical (unpaired) electrons. The molecule has 0 amide bonds. The van der Waals surface area contributed by atoms with Crippen molar-refractivity contribution in [2.45, 2.75) is 52.1 Å². The third-order valence-corrected chi connectivity index (χ3v) is 1.71. The Hall–Kier alpha value is -0.700. The third kappa shape index (κ3) is 7.65. The molecule has 0 rings (SSSR count). The van der Waals surface area contributed by atoms with Crippen LogP contribution in [0.2, 0.25) is 0 Å². The number of rotatable bonds is 6. The van der Waals surface area contributed by atoms with Crippen molar-refractivity contribution in [1.82, 2.24) is 0 Å². The van der Waals surface area contributed by atoms with Crippen LogP contribution in [0, 0.1) is 0 Å². The van der Waals surface area contributed by atoms with Gasteiger partial charge in [-0.1, -0.05) is 6.92 Å². The van der Waals surface area contributed by atoms with Gasteiger partial charge in [-0.25, -0.2) is 0 Å². The second-order valence-electron chi connectivity index (χ2n) is 3.92. The summed E-state index contributed by atoms with van der Waals surface area (Å²) in [6.07, 6.45) is 1.18. The first-order valence-electron chi connectivity index (χ1n) is 4.61. The highest BCUT2D eigenvalue weighted by molar-refractivity contribution is 5.86. The Labute approximate surface area is 79.1 Å². The molecule has 0 fully saturated rings. The zero-order valence-electron chi connectivity index (χ0n) is 8.59. The first kappa shape index (κ1) is 12.3. The number of hydrogen-bond acceptors (Lipinski definition) is 3. The predicted molar refractivity (Wildman–Crippen MR) is 50.5 cm³/mol. The summed E-state index contributed by atoms with van der Waals surface area (Å²) < 4.78 is 0. The second-order valence-corrected chi connectivity index (χ2v) is 3.92. The van der Waals surface area contributed by atoms with Crippen molar-refractivity contribution in [3.63, 3.8) is 0 Å². The number of aliphatic hydroxyl groups is 1. The molecule has 0 heterocycles. The number of carbonyl (C=O) groups excluding carboxylic acids is 2. The fourth-order valence-electron chi connectivity index (χ4n) is 1.03. The van der Waals surface area contributed by atoms with Gasteiger partial charge in [0, 0.05) is 25.7 Å². The molecule has 0 saturated carbocycles. The Kier molecular flexibility index (Phi) is 4.85. The molecule has 0 saturated heterocycles. The molecule has 76 valence electrons. The molecule has 3 nitrogen and oxygen atoms in total. The van der Waals surface area contributed by atoms with E-state index in [0.29, 0.717) is 12.8 Å². The molecular weight excluding hydrogens is 168 g/mol.